The summed E-state index contributed by atoms with van der Waals surface area (Å²) < 4.78 is 26.6. The lowest BCUT2D eigenvalue weighted by molar-refractivity contribution is -0.146. The molecule has 0 saturated carbocycles. The number of nitrogens with zero attached hydrogens (tertiary/aromatic N) is 3. The van der Waals surface area contributed by atoms with Gasteiger partial charge in [-0.05, 0) is 111 Å². The molecule has 0 aliphatic carbocycles. The Morgan fingerprint density at radius 3 is 2.43 bits per heavy atom. The highest BCUT2D eigenvalue weighted by Crippen LogP contribution is 2.35. The molecule has 1 aliphatic heterocycles. The number of rotatable bonds is 18. The first-order chi connectivity index (χ1) is 25.6. The second-order valence-electron chi connectivity index (χ2n) is 14.0. The summed E-state index contributed by atoms with van der Waals surface area (Å²) in [5, 5.41) is 13.0. The van der Waals surface area contributed by atoms with Gasteiger partial charge in [0.05, 0.1) is 40.6 Å². The van der Waals surface area contributed by atoms with Gasteiger partial charge in [0.25, 0.3) is 5.91 Å². The third kappa shape index (κ3) is 10.9. The van der Waals surface area contributed by atoms with Gasteiger partial charge in [-0.15, -0.1) is 0 Å². The number of hydrogen-bond donors (Lipinski definition) is 2. The first-order valence-electron chi connectivity index (χ1n) is 18.5. The molecule has 1 aromatic heterocycles. The minimum Gasteiger partial charge on any atom is -0.491 e. The molecule has 0 radical (unpaired) electrons. The predicted molar refractivity (Wildman–Crippen MR) is 212 cm³/mol. The maximum absolute atomic E-state index is 13.8. The summed E-state index contributed by atoms with van der Waals surface area (Å²) >= 11 is 0. The molecular weight excluding hydrogens is 689 g/mol. The summed E-state index contributed by atoms with van der Waals surface area (Å²) in [6.45, 7) is 11.2. The number of aryl methyl sites for hydroxylation is 1. The minimum absolute atomic E-state index is 0.210. The number of anilines is 2. The average molecular weight is 741 g/mol. The highest BCUT2D eigenvalue weighted by atomic mass is 32.2. The molecule has 5 rings (SSSR count). The quantitative estimate of drug-likeness (QED) is 0.0980. The minimum atomic E-state index is -1.26. The van der Waals surface area contributed by atoms with Gasteiger partial charge in [-0.1, -0.05) is 38.5 Å². The molecule has 4 aromatic rings. The van der Waals surface area contributed by atoms with Gasteiger partial charge >= 0.3 is 5.97 Å². The van der Waals surface area contributed by atoms with Crippen molar-refractivity contribution in [1.82, 2.24) is 9.55 Å². The summed E-state index contributed by atoms with van der Waals surface area (Å²) in [4.78, 5) is 32.9. The first kappa shape index (κ1) is 39.5. The van der Waals surface area contributed by atoms with E-state index < -0.39 is 22.2 Å². The number of nitrogens with one attached hydrogen (secondary N) is 1. The summed E-state index contributed by atoms with van der Waals surface area (Å²) in [6, 6.07) is 21.2. The Hall–Kier alpha value is -4.74. The van der Waals surface area contributed by atoms with Gasteiger partial charge in [0.2, 0.25) is 0 Å². The van der Waals surface area contributed by atoms with Crippen molar-refractivity contribution in [3.05, 3.63) is 96.1 Å². The molecule has 282 valence electrons. The summed E-state index contributed by atoms with van der Waals surface area (Å²) in [5.74, 6) is 0.0609. The van der Waals surface area contributed by atoms with E-state index in [0.717, 1.165) is 66.2 Å². The lowest BCUT2D eigenvalue weighted by Gasteiger charge is -2.34. The molecule has 10 nitrogen and oxygen atoms in total. The molecule has 0 fully saturated rings. The third-order valence-corrected chi connectivity index (χ3v) is 10.6. The van der Waals surface area contributed by atoms with E-state index in [0.29, 0.717) is 61.1 Å². The number of carboxylic acids is 1. The van der Waals surface area contributed by atoms with Crippen LogP contribution in [-0.2, 0) is 37.4 Å². The number of fused-ring (bicyclic) bond motifs is 1. The average Bonchev–Trinajstić information content (AvgIpc) is 3.57. The van der Waals surface area contributed by atoms with Gasteiger partial charge < -0.3 is 29.4 Å². The SMILES string of the molecule is CCCCOCCOc1ccc(-c2ccc3c(c2)C=C(C(=O)Nc2ccc([S@@](=O)Cc4cncn4CCC)cc2)CCCN3CC(C)(C)C(=O)O)cc1. The number of unbranched alkanes of at least 4 members (excludes halogenated alkanes) is 1. The Balaban J connectivity index is 1.34. The number of ether oxygens (including phenoxy) is 2. The number of aliphatic carboxylic acids is 1. The fraction of sp³-hybridized carbons (Fsp3) is 0.405. The lowest BCUT2D eigenvalue weighted by Crippen LogP contribution is -2.40. The van der Waals surface area contributed by atoms with Crippen LogP contribution in [0.3, 0.4) is 0 Å². The van der Waals surface area contributed by atoms with Crippen LogP contribution in [0.4, 0.5) is 11.4 Å². The van der Waals surface area contributed by atoms with Crippen molar-refractivity contribution in [2.24, 2.45) is 5.41 Å². The number of aromatic nitrogens is 2. The lowest BCUT2D eigenvalue weighted by atomic mass is 9.91. The fourth-order valence-corrected chi connectivity index (χ4v) is 7.32. The summed E-state index contributed by atoms with van der Waals surface area (Å²) in [5.41, 5.74) is 4.87. The van der Waals surface area contributed by atoms with E-state index in [1.807, 2.05) is 47.0 Å². The number of imidazole rings is 1. The maximum atomic E-state index is 13.8. The molecule has 0 bridgehead atoms. The Morgan fingerprint density at radius 2 is 1.72 bits per heavy atom. The zero-order valence-electron chi connectivity index (χ0n) is 31.3. The Morgan fingerprint density at radius 1 is 0.962 bits per heavy atom. The van der Waals surface area contributed by atoms with Crippen LogP contribution >= 0.6 is 0 Å². The molecule has 1 aliphatic rings. The number of carboxylic acid groups (broad SMARTS) is 1. The van der Waals surface area contributed by atoms with E-state index in [9.17, 15) is 18.9 Å². The van der Waals surface area contributed by atoms with Gasteiger partial charge in [0.1, 0.15) is 12.4 Å². The van der Waals surface area contributed by atoms with E-state index >= 15 is 0 Å². The zero-order chi connectivity index (χ0) is 37.8. The van der Waals surface area contributed by atoms with Gasteiger partial charge in [-0.25, -0.2) is 4.98 Å². The Labute approximate surface area is 315 Å². The van der Waals surface area contributed by atoms with Crippen molar-refractivity contribution >= 4 is 40.1 Å². The largest absolute Gasteiger partial charge is 0.491 e. The van der Waals surface area contributed by atoms with Gasteiger partial charge in [0, 0.05) is 54.3 Å². The van der Waals surface area contributed by atoms with Crippen LogP contribution in [0.5, 0.6) is 5.75 Å². The summed E-state index contributed by atoms with van der Waals surface area (Å²) in [6.07, 6.45) is 9.75. The molecular formula is C42H52N4O6S. The number of benzene rings is 3. The molecule has 0 spiro atoms. The molecule has 1 atom stereocenters. The first-order valence-corrected chi connectivity index (χ1v) is 19.8. The van der Waals surface area contributed by atoms with Crippen LogP contribution in [0.1, 0.15) is 71.1 Å². The second-order valence-corrected chi connectivity index (χ2v) is 15.5. The van der Waals surface area contributed by atoms with E-state index in [2.05, 4.69) is 35.1 Å². The molecule has 1 amide bonds. The molecule has 0 saturated heterocycles. The van der Waals surface area contributed by atoms with Crippen molar-refractivity contribution in [1.29, 1.82) is 0 Å². The van der Waals surface area contributed by atoms with Crippen molar-refractivity contribution in [3.8, 4) is 16.9 Å². The number of amides is 1. The molecule has 53 heavy (non-hydrogen) atoms. The third-order valence-electron chi connectivity index (χ3n) is 9.27. The molecule has 11 heteroatoms. The van der Waals surface area contributed by atoms with E-state index in [-0.39, 0.29) is 5.91 Å². The van der Waals surface area contributed by atoms with Crippen LogP contribution in [0.25, 0.3) is 17.2 Å². The monoisotopic (exact) mass is 740 g/mol. The number of carbonyl (C=O) groups excluding carboxylic acids is 1. The fourth-order valence-electron chi connectivity index (χ4n) is 6.21. The van der Waals surface area contributed by atoms with Crippen molar-refractivity contribution in [2.45, 2.75) is 77.0 Å². The van der Waals surface area contributed by atoms with E-state index in [4.69, 9.17) is 9.47 Å². The number of carbonyl (C=O) groups is 2. The molecule has 2 N–H and O–H groups in total. The van der Waals surface area contributed by atoms with Crippen LogP contribution in [0.15, 0.2) is 89.7 Å². The molecule has 0 unspecified atom stereocenters. The van der Waals surface area contributed by atoms with Crippen molar-refractivity contribution in [3.63, 3.8) is 0 Å². The number of hydrogen-bond acceptors (Lipinski definition) is 7. The van der Waals surface area contributed by atoms with E-state index in [1.54, 1.807) is 50.6 Å². The highest BCUT2D eigenvalue weighted by molar-refractivity contribution is 7.84. The van der Waals surface area contributed by atoms with Crippen LogP contribution in [-0.4, -0.2) is 63.7 Å². The van der Waals surface area contributed by atoms with Gasteiger partial charge in [-0.2, -0.15) is 0 Å². The maximum Gasteiger partial charge on any atom is 0.310 e. The van der Waals surface area contributed by atoms with E-state index in [1.165, 1.54) is 0 Å². The standard InChI is InChI=1S/C42H52N4O6S/c1-5-7-22-51-23-24-52-37-15-10-31(11-16-37)32-12-19-39-34(25-32)26-33(9-8-21-45(39)29-42(3,4)41(48)49)40(47)44-35-13-17-38(18-14-35)53(50)28-36-27-43-30-46(36)20-6-2/h10-19,25-27,30H,5-9,20-24,28-29H2,1-4H3,(H,44,47)(H,48,49)/t53-/m0/s1. The molecule has 3 aromatic carbocycles. The predicted octanol–water partition coefficient (Wildman–Crippen LogP) is 8.20. The van der Waals surface area contributed by atoms with Crippen LogP contribution < -0.4 is 15.0 Å². The van der Waals surface area contributed by atoms with Gasteiger partial charge in [-0.3, -0.25) is 13.8 Å². The smallest absolute Gasteiger partial charge is 0.310 e. The van der Waals surface area contributed by atoms with Gasteiger partial charge in [0.15, 0.2) is 0 Å². The molecule has 2 heterocycles. The van der Waals surface area contributed by atoms with Crippen molar-refractivity contribution in [2.75, 3.05) is 43.1 Å². The second kappa shape index (κ2) is 18.8. The Bertz CT molecular complexity index is 1880. The van der Waals surface area contributed by atoms with Crippen LogP contribution in [0.2, 0.25) is 0 Å². The summed E-state index contributed by atoms with van der Waals surface area (Å²) in [7, 11) is -1.26. The normalized spacial score (nSPS) is 13.7. The highest BCUT2D eigenvalue weighted by Gasteiger charge is 2.31. The topological polar surface area (TPSA) is 123 Å². The van der Waals surface area contributed by atoms with Crippen LogP contribution in [0, 0.1) is 5.41 Å². The van der Waals surface area contributed by atoms with Crippen molar-refractivity contribution < 1.29 is 28.4 Å². The zero-order valence-corrected chi connectivity index (χ0v) is 32.1. The Kier molecular flexibility index (Phi) is 14.0.